The molecule has 0 radical (unpaired) electrons. The van der Waals surface area contributed by atoms with Gasteiger partial charge in [0.25, 0.3) is 11.5 Å². The van der Waals surface area contributed by atoms with Gasteiger partial charge in [-0.2, -0.15) is 0 Å². The summed E-state index contributed by atoms with van der Waals surface area (Å²) in [5, 5.41) is 0. The summed E-state index contributed by atoms with van der Waals surface area (Å²) in [4.78, 5) is 55.3. The predicted molar refractivity (Wildman–Crippen MR) is 119 cm³/mol. The van der Waals surface area contributed by atoms with Crippen molar-refractivity contribution < 1.29 is 4.79 Å². The Hall–Kier alpha value is -3.62. The molecule has 4 rings (SSSR count). The maximum atomic E-state index is 13.4. The molecule has 3 aromatic rings. The quantitative estimate of drug-likeness (QED) is 0.659. The van der Waals surface area contributed by atoms with Gasteiger partial charge >= 0.3 is 5.69 Å². The van der Waals surface area contributed by atoms with Crippen LogP contribution in [0.4, 0.5) is 0 Å². The van der Waals surface area contributed by atoms with Gasteiger partial charge in [-0.1, -0.05) is 6.92 Å². The molecule has 1 saturated heterocycles. The Kier molecular flexibility index (Phi) is 6.25. The van der Waals surface area contributed by atoms with E-state index in [1.807, 2.05) is 18.3 Å². The van der Waals surface area contributed by atoms with Crippen LogP contribution in [0.2, 0.25) is 0 Å². The van der Waals surface area contributed by atoms with Crippen molar-refractivity contribution >= 4 is 5.91 Å². The number of aromatic nitrogens is 5. The van der Waals surface area contributed by atoms with Crippen molar-refractivity contribution in [3.8, 4) is 11.1 Å². The van der Waals surface area contributed by atoms with Crippen molar-refractivity contribution in [3.63, 3.8) is 0 Å². The normalized spacial score (nSPS) is 16.2. The van der Waals surface area contributed by atoms with E-state index in [1.54, 1.807) is 17.3 Å². The van der Waals surface area contributed by atoms with Gasteiger partial charge in [-0.15, -0.1) is 0 Å². The van der Waals surface area contributed by atoms with E-state index < -0.39 is 11.2 Å². The first-order chi connectivity index (χ1) is 15.5. The van der Waals surface area contributed by atoms with Gasteiger partial charge in [0.15, 0.2) is 0 Å². The van der Waals surface area contributed by atoms with E-state index in [1.165, 1.54) is 13.1 Å². The molecule has 9 nitrogen and oxygen atoms in total. The molecule has 166 valence electrons. The van der Waals surface area contributed by atoms with E-state index in [0.717, 1.165) is 59.3 Å². The second kappa shape index (κ2) is 9.25. The molecule has 0 aliphatic carbocycles. The van der Waals surface area contributed by atoms with Gasteiger partial charge in [0.1, 0.15) is 11.5 Å². The van der Waals surface area contributed by atoms with Gasteiger partial charge in [0.05, 0.1) is 11.7 Å². The van der Waals surface area contributed by atoms with Crippen molar-refractivity contribution in [1.82, 2.24) is 29.4 Å². The minimum absolute atomic E-state index is 0.00158. The summed E-state index contributed by atoms with van der Waals surface area (Å²) in [6.45, 7) is 2.59. The average Bonchev–Trinajstić information content (AvgIpc) is 2.82. The summed E-state index contributed by atoms with van der Waals surface area (Å²) in [5.41, 5.74) is 1.44. The van der Waals surface area contributed by atoms with Crippen LogP contribution in [0.15, 0.2) is 46.4 Å². The molecule has 0 spiro atoms. The van der Waals surface area contributed by atoms with Crippen LogP contribution in [0, 0.1) is 0 Å². The minimum Gasteiger partial charge on any atom is -0.329 e. The standard InChI is InChI=1S/C23H26N6O3/c1-3-6-19-25-14-16(15-8-10-24-11-9-15)21(27-19)18-7-4-5-12-29(18)22(31)17-13-20(30)28(2)23(32)26-17/h8-11,13-14,18H,3-7,12H2,1-2H3,(H,26,32)/t18-/m0/s1. The molecule has 1 fully saturated rings. The number of aryl methyl sites for hydroxylation is 1. The third-order valence-electron chi connectivity index (χ3n) is 5.79. The highest BCUT2D eigenvalue weighted by molar-refractivity contribution is 5.92. The molecule has 0 aromatic carbocycles. The number of rotatable bonds is 5. The number of hydrogen-bond acceptors (Lipinski definition) is 6. The molecule has 1 aliphatic rings. The Balaban J connectivity index is 1.80. The largest absolute Gasteiger partial charge is 0.329 e. The van der Waals surface area contributed by atoms with E-state index in [0.29, 0.717) is 6.54 Å². The molecule has 0 bridgehead atoms. The minimum atomic E-state index is -0.612. The van der Waals surface area contributed by atoms with Crippen LogP contribution < -0.4 is 11.2 Å². The maximum absolute atomic E-state index is 13.4. The second-order valence-electron chi connectivity index (χ2n) is 7.97. The summed E-state index contributed by atoms with van der Waals surface area (Å²) < 4.78 is 0.938. The molecule has 9 heteroatoms. The molecule has 0 unspecified atom stereocenters. The van der Waals surface area contributed by atoms with E-state index in [4.69, 9.17) is 4.98 Å². The number of nitrogens with one attached hydrogen (secondary N) is 1. The number of pyridine rings is 1. The van der Waals surface area contributed by atoms with E-state index in [2.05, 4.69) is 21.9 Å². The number of likely N-dealkylation sites (tertiary alicyclic amines) is 1. The lowest BCUT2D eigenvalue weighted by molar-refractivity contribution is 0.0599. The molecule has 1 N–H and O–H groups in total. The van der Waals surface area contributed by atoms with Crippen molar-refractivity contribution in [2.45, 2.75) is 45.1 Å². The van der Waals surface area contributed by atoms with Gasteiger partial charge in [-0.3, -0.25) is 19.1 Å². The van der Waals surface area contributed by atoms with Gasteiger partial charge in [0.2, 0.25) is 0 Å². The first-order valence-corrected chi connectivity index (χ1v) is 10.9. The monoisotopic (exact) mass is 434 g/mol. The van der Waals surface area contributed by atoms with Crippen molar-refractivity contribution in [3.05, 3.63) is 74.8 Å². The second-order valence-corrected chi connectivity index (χ2v) is 7.97. The fourth-order valence-corrected chi connectivity index (χ4v) is 4.07. The lowest BCUT2D eigenvalue weighted by atomic mass is 9.93. The van der Waals surface area contributed by atoms with Gasteiger partial charge in [0, 0.05) is 50.2 Å². The Morgan fingerprint density at radius 3 is 2.72 bits per heavy atom. The first-order valence-electron chi connectivity index (χ1n) is 10.9. The van der Waals surface area contributed by atoms with Crippen LogP contribution in [0.3, 0.4) is 0 Å². The van der Waals surface area contributed by atoms with Crippen LogP contribution in [0.5, 0.6) is 0 Å². The third-order valence-corrected chi connectivity index (χ3v) is 5.79. The number of carbonyl (C=O) groups is 1. The number of carbonyl (C=O) groups excluding carboxylic acids is 1. The molecular formula is C23H26N6O3. The highest BCUT2D eigenvalue weighted by Gasteiger charge is 2.32. The van der Waals surface area contributed by atoms with E-state index in [-0.39, 0.29) is 17.6 Å². The van der Waals surface area contributed by atoms with Crippen LogP contribution in [-0.2, 0) is 13.5 Å². The van der Waals surface area contributed by atoms with Gasteiger partial charge < -0.3 is 9.88 Å². The SMILES string of the molecule is CCCc1ncc(-c2ccncc2)c([C@@H]2CCCCN2C(=O)c2cc(=O)n(C)c(=O)[nH]2)n1. The van der Waals surface area contributed by atoms with Crippen molar-refractivity contribution in [1.29, 1.82) is 0 Å². The zero-order chi connectivity index (χ0) is 22.7. The number of piperidine rings is 1. The lowest BCUT2D eigenvalue weighted by Crippen LogP contribution is -2.42. The fraction of sp³-hybridized carbons (Fsp3) is 0.391. The zero-order valence-electron chi connectivity index (χ0n) is 18.2. The summed E-state index contributed by atoms with van der Waals surface area (Å²) >= 11 is 0. The summed E-state index contributed by atoms with van der Waals surface area (Å²) in [6.07, 6.45) is 9.43. The third kappa shape index (κ3) is 4.23. The number of nitrogens with zero attached hydrogens (tertiary/aromatic N) is 5. The topological polar surface area (TPSA) is 114 Å². The highest BCUT2D eigenvalue weighted by atomic mass is 16.2. The molecule has 4 heterocycles. The predicted octanol–water partition coefficient (Wildman–Crippen LogP) is 2.25. The molecule has 3 aromatic heterocycles. The number of amides is 1. The number of hydrogen-bond donors (Lipinski definition) is 1. The van der Waals surface area contributed by atoms with Crippen molar-refractivity contribution in [2.24, 2.45) is 7.05 Å². The Labute approximate surface area is 185 Å². The molecule has 1 aliphatic heterocycles. The summed E-state index contributed by atoms with van der Waals surface area (Å²) in [5.74, 6) is 0.362. The summed E-state index contributed by atoms with van der Waals surface area (Å²) in [7, 11) is 1.37. The fourth-order valence-electron chi connectivity index (χ4n) is 4.07. The molecule has 32 heavy (non-hydrogen) atoms. The number of aromatic amines is 1. The van der Waals surface area contributed by atoms with Crippen LogP contribution in [0.25, 0.3) is 11.1 Å². The van der Waals surface area contributed by atoms with E-state index >= 15 is 0 Å². The molecular weight excluding hydrogens is 408 g/mol. The van der Waals surface area contributed by atoms with Gasteiger partial charge in [-0.05, 0) is 43.4 Å². The smallest absolute Gasteiger partial charge is 0.328 e. The molecule has 1 atom stereocenters. The van der Waals surface area contributed by atoms with Crippen LogP contribution >= 0.6 is 0 Å². The van der Waals surface area contributed by atoms with Crippen LogP contribution in [-0.4, -0.2) is 41.9 Å². The lowest BCUT2D eigenvalue weighted by Gasteiger charge is -2.36. The Bertz CT molecular complexity index is 1200. The molecule has 0 saturated carbocycles. The molecule has 1 amide bonds. The van der Waals surface area contributed by atoms with Crippen LogP contribution in [0.1, 0.15) is 60.7 Å². The highest BCUT2D eigenvalue weighted by Crippen LogP contribution is 2.36. The van der Waals surface area contributed by atoms with E-state index in [9.17, 15) is 14.4 Å². The Morgan fingerprint density at radius 1 is 1.22 bits per heavy atom. The van der Waals surface area contributed by atoms with Gasteiger partial charge in [-0.25, -0.2) is 14.8 Å². The zero-order valence-corrected chi connectivity index (χ0v) is 18.2. The average molecular weight is 435 g/mol. The Morgan fingerprint density at radius 2 is 2.00 bits per heavy atom. The first kappa shape index (κ1) is 21.6. The number of H-pyrrole nitrogens is 1. The summed E-state index contributed by atoms with van der Waals surface area (Å²) in [6, 6.07) is 4.69. The van der Waals surface area contributed by atoms with Crippen molar-refractivity contribution in [2.75, 3.05) is 6.54 Å². The maximum Gasteiger partial charge on any atom is 0.328 e.